The SMILES string of the molecule is C1=CC(CCc2ccccc2)c2cc3ccccc3cc21. The average Bonchev–Trinajstić information content (AvgIpc) is 2.94. The van der Waals surface area contributed by atoms with Crippen LogP contribution in [0.25, 0.3) is 16.8 Å². The third kappa shape index (κ3) is 2.38. The van der Waals surface area contributed by atoms with Crippen LogP contribution in [0.1, 0.15) is 29.0 Å². The summed E-state index contributed by atoms with van der Waals surface area (Å²) in [6.07, 6.45) is 6.98. The van der Waals surface area contributed by atoms with E-state index in [0.717, 1.165) is 6.42 Å². The van der Waals surface area contributed by atoms with Crippen LogP contribution in [0.5, 0.6) is 0 Å². The number of aryl methyl sites for hydroxylation is 1. The molecular formula is C21H18. The van der Waals surface area contributed by atoms with Gasteiger partial charge >= 0.3 is 0 Å². The summed E-state index contributed by atoms with van der Waals surface area (Å²) >= 11 is 0. The van der Waals surface area contributed by atoms with Gasteiger partial charge in [-0.2, -0.15) is 0 Å². The van der Waals surface area contributed by atoms with E-state index in [0.29, 0.717) is 5.92 Å². The van der Waals surface area contributed by atoms with E-state index in [1.807, 2.05) is 0 Å². The van der Waals surface area contributed by atoms with Crippen LogP contribution in [0, 0.1) is 0 Å². The molecule has 0 saturated carbocycles. The van der Waals surface area contributed by atoms with Gasteiger partial charge < -0.3 is 0 Å². The summed E-state index contributed by atoms with van der Waals surface area (Å²) < 4.78 is 0. The van der Waals surface area contributed by atoms with Crippen molar-refractivity contribution in [3.63, 3.8) is 0 Å². The van der Waals surface area contributed by atoms with Crippen molar-refractivity contribution in [1.29, 1.82) is 0 Å². The first-order valence-electron chi connectivity index (χ1n) is 7.65. The Morgan fingerprint density at radius 3 is 2.29 bits per heavy atom. The topological polar surface area (TPSA) is 0 Å². The first-order valence-corrected chi connectivity index (χ1v) is 7.65. The number of allylic oxidation sites excluding steroid dienone is 1. The third-order valence-electron chi connectivity index (χ3n) is 4.45. The summed E-state index contributed by atoms with van der Waals surface area (Å²) in [7, 11) is 0. The van der Waals surface area contributed by atoms with Gasteiger partial charge in [-0.15, -0.1) is 0 Å². The smallest absolute Gasteiger partial charge is 0.00306 e. The van der Waals surface area contributed by atoms with Gasteiger partial charge in [0, 0.05) is 5.92 Å². The molecule has 0 aliphatic heterocycles. The van der Waals surface area contributed by atoms with Crippen LogP contribution in [-0.4, -0.2) is 0 Å². The van der Waals surface area contributed by atoms with Gasteiger partial charge in [0.25, 0.3) is 0 Å². The molecule has 1 unspecified atom stereocenters. The third-order valence-corrected chi connectivity index (χ3v) is 4.45. The lowest BCUT2D eigenvalue weighted by atomic mass is 9.92. The maximum Gasteiger partial charge on any atom is 0.00306 e. The van der Waals surface area contributed by atoms with Crippen molar-refractivity contribution in [1.82, 2.24) is 0 Å². The molecule has 0 nitrogen and oxygen atoms in total. The number of hydrogen-bond donors (Lipinski definition) is 0. The predicted octanol–water partition coefficient (Wildman–Crippen LogP) is 5.58. The van der Waals surface area contributed by atoms with Crippen LogP contribution in [0.3, 0.4) is 0 Å². The molecule has 0 fully saturated rings. The summed E-state index contributed by atoms with van der Waals surface area (Å²) in [4.78, 5) is 0. The molecule has 0 aromatic heterocycles. The molecule has 3 aromatic rings. The van der Waals surface area contributed by atoms with Gasteiger partial charge in [0.05, 0.1) is 0 Å². The fourth-order valence-electron chi connectivity index (χ4n) is 3.28. The molecular weight excluding hydrogens is 252 g/mol. The van der Waals surface area contributed by atoms with E-state index in [-0.39, 0.29) is 0 Å². The Morgan fingerprint density at radius 2 is 1.48 bits per heavy atom. The van der Waals surface area contributed by atoms with Gasteiger partial charge in [0.15, 0.2) is 0 Å². The summed E-state index contributed by atoms with van der Waals surface area (Å²) in [5.74, 6) is 0.560. The zero-order valence-electron chi connectivity index (χ0n) is 12.0. The van der Waals surface area contributed by atoms with Crippen molar-refractivity contribution in [2.24, 2.45) is 0 Å². The first-order chi connectivity index (χ1) is 10.4. The molecule has 0 saturated heterocycles. The van der Waals surface area contributed by atoms with Crippen LogP contribution in [-0.2, 0) is 6.42 Å². The van der Waals surface area contributed by atoms with Crippen molar-refractivity contribution >= 4 is 16.8 Å². The van der Waals surface area contributed by atoms with Gasteiger partial charge in [0.2, 0.25) is 0 Å². The monoisotopic (exact) mass is 270 g/mol. The second-order valence-corrected chi connectivity index (χ2v) is 5.82. The number of hydrogen-bond acceptors (Lipinski definition) is 0. The molecule has 1 aliphatic carbocycles. The molecule has 102 valence electrons. The van der Waals surface area contributed by atoms with Crippen LogP contribution in [0.4, 0.5) is 0 Å². The lowest BCUT2D eigenvalue weighted by molar-refractivity contribution is 0.746. The van der Waals surface area contributed by atoms with E-state index < -0.39 is 0 Å². The number of fused-ring (bicyclic) bond motifs is 2. The van der Waals surface area contributed by atoms with Gasteiger partial charge in [-0.1, -0.05) is 66.7 Å². The van der Waals surface area contributed by atoms with E-state index in [4.69, 9.17) is 0 Å². The molecule has 0 radical (unpaired) electrons. The molecule has 0 bridgehead atoms. The maximum atomic E-state index is 2.38. The number of benzene rings is 3. The predicted molar refractivity (Wildman–Crippen MR) is 90.5 cm³/mol. The highest BCUT2D eigenvalue weighted by atomic mass is 14.2. The lowest BCUT2D eigenvalue weighted by Gasteiger charge is -2.12. The van der Waals surface area contributed by atoms with Gasteiger partial charge in [-0.3, -0.25) is 0 Å². The standard InChI is InChI=1S/C21H18/c1-2-6-16(7-3-1)10-11-17-12-13-20-14-18-8-4-5-9-19(18)15-21(17)20/h1-9,12-15,17H,10-11H2. The molecule has 0 heteroatoms. The molecule has 0 N–H and O–H groups in total. The van der Waals surface area contributed by atoms with Crippen molar-refractivity contribution in [3.8, 4) is 0 Å². The Labute approximate surface area is 125 Å². The Kier molecular flexibility index (Phi) is 3.08. The first kappa shape index (κ1) is 12.4. The molecule has 0 heterocycles. The van der Waals surface area contributed by atoms with Gasteiger partial charge in [-0.05, 0) is 52.4 Å². The van der Waals surface area contributed by atoms with Crippen LogP contribution in [0.15, 0.2) is 72.8 Å². The van der Waals surface area contributed by atoms with Crippen LogP contribution >= 0.6 is 0 Å². The van der Waals surface area contributed by atoms with Crippen molar-refractivity contribution in [2.75, 3.05) is 0 Å². The van der Waals surface area contributed by atoms with Gasteiger partial charge in [0.1, 0.15) is 0 Å². The summed E-state index contributed by atoms with van der Waals surface area (Å²) in [5, 5.41) is 2.69. The molecule has 4 rings (SSSR count). The van der Waals surface area contributed by atoms with Crippen LogP contribution in [0.2, 0.25) is 0 Å². The zero-order chi connectivity index (χ0) is 14.1. The quantitative estimate of drug-likeness (QED) is 0.582. The zero-order valence-corrected chi connectivity index (χ0v) is 12.0. The second-order valence-electron chi connectivity index (χ2n) is 5.82. The highest BCUT2D eigenvalue weighted by Crippen LogP contribution is 2.36. The fraction of sp³-hybridized carbons (Fsp3) is 0.143. The summed E-state index contributed by atoms with van der Waals surface area (Å²) in [6, 6.07) is 24.1. The Hall–Kier alpha value is -2.34. The second kappa shape index (κ2) is 5.21. The van der Waals surface area contributed by atoms with Gasteiger partial charge in [-0.25, -0.2) is 0 Å². The molecule has 0 spiro atoms. The minimum Gasteiger partial charge on any atom is -0.0764 e. The van der Waals surface area contributed by atoms with Crippen molar-refractivity contribution in [3.05, 3.63) is 89.5 Å². The molecule has 1 aliphatic rings. The van der Waals surface area contributed by atoms with E-state index in [2.05, 4.69) is 78.9 Å². The molecule has 21 heavy (non-hydrogen) atoms. The minimum atomic E-state index is 0.560. The normalized spacial score (nSPS) is 16.3. The van der Waals surface area contributed by atoms with E-state index in [1.165, 1.54) is 33.9 Å². The van der Waals surface area contributed by atoms with Crippen molar-refractivity contribution < 1.29 is 0 Å². The molecule has 1 atom stereocenters. The average molecular weight is 270 g/mol. The van der Waals surface area contributed by atoms with E-state index in [9.17, 15) is 0 Å². The highest BCUT2D eigenvalue weighted by molar-refractivity contribution is 5.87. The van der Waals surface area contributed by atoms with Crippen molar-refractivity contribution in [2.45, 2.75) is 18.8 Å². The van der Waals surface area contributed by atoms with E-state index >= 15 is 0 Å². The fourth-order valence-corrected chi connectivity index (χ4v) is 3.28. The minimum absolute atomic E-state index is 0.560. The lowest BCUT2D eigenvalue weighted by Crippen LogP contribution is -1.96. The van der Waals surface area contributed by atoms with Crippen LogP contribution < -0.4 is 0 Å². The molecule has 3 aromatic carbocycles. The Balaban J connectivity index is 1.61. The Morgan fingerprint density at radius 1 is 0.762 bits per heavy atom. The number of rotatable bonds is 3. The summed E-state index contributed by atoms with van der Waals surface area (Å²) in [5.41, 5.74) is 4.32. The Bertz CT molecular complexity index is 797. The molecule has 0 amide bonds. The maximum absolute atomic E-state index is 2.38. The summed E-state index contributed by atoms with van der Waals surface area (Å²) in [6.45, 7) is 0. The van der Waals surface area contributed by atoms with E-state index in [1.54, 1.807) is 0 Å². The largest absolute Gasteiger partial charge is 0.0764 e. The highest BCUT2D eigenvalue weighted by Gasteiger charge is 2.17.